The molecule has 0 aliphatic heterocycles. The first-order valence-electron chi connectivity index (χ1n) is 12.9. The van der Waals surface area contributed by atoms with E-state index in [9.17, 15) is 9.59 Å². The summed E-state index contributed by atoms with van der Waals surface area (Å²) in [4.78, 5) is 23.3. The number of carboxylic acids is 1. The smallest absolute Gasteiger partial charge is 0.327 e. The summed E-state index contributed by atoms with van der Waals surface area (Å²) in [7, 11) is 0. The molecule has 0 bridgehead atoms. The van der Waals surface area contributed by atoms with E-state index in [1.54, 1.807) is 0 Å². The summed E-state index contributed by atoms with van der Waals surface area (Å²) in [6.45, 7) is 5.22. The van der Waals surface area contributed by atoms with Gasteiger partial charge in [0.05, 0.1) is 0 Å². The number of carbonyl (C=O) groups excluding carboxylic acids is 1. The predicted molar refractivity (Wildman–Crippen MR) is 127 cm³/mol. The topological polar surface area (TPSA) is 66.4 Å². The molecule has 4 fully saturated rings. The zero-order chi connectivity index (χ0) is 22.2. The lowest BCUT2D eigenvalue weighted by atomic mass is 9.45. The molecule has 0 aromatic rings. The SMILES string of the molecule is CC12CCCCC1CCC1C2CCC2(C)C(CCCC(=O)NC(CS)C(=O)O)CCC12. The quantitative estimate of drug-likeness (QED) is 0.436. The van der Waals surface area contributed by atoms with Gasteiger partial charge in [-0.15, -0.1) is 0 Å². The van der Waals surface area contributed by atoms with E-state index in [1.807, 2.05) is 0 Å². The lowest BCUT2D eigenvalue weighted by molar-refractivity contribution is -0.141. The summed E-state index contributed by atoms with van der Waals surface area (Å²) >= 11 is 4.03. The van der Waals surface area contributed by atoms with E-state index < -0.39 is 12.0 Å². The molecule has 8 unspecified atom stereocenters. The number of fused-ring (bicyclic) bond motifs is 5. The largest absolute Gasteiger partial charge is 0.480 e. The minimum Gasteiger partial charge on any atom is -0.480 e. The first-order chi connectivity index (χ1) is 14.8. The average molecular weight is 450 g/mol. The number of aliphatic carboxylic acids is 1. The van der Waals surface area contributed by atoms with Crippen molar-refractivity contribution in [2.45, 2.75) is 103 Å². The highest BCUT2D eigenvalue weighted by molar-refractivity contribution is 7.80. The summed E-state index contributed by atoms with van der Waals surface area (Å²) in [5.74, 6) is 3.44. The highest BCUT2D eigenvalue weighted by atomic mass is 32.1. The molecule has 4 saturated carbocycles. The molecule has 5 heteroatoms. The Hall–Kier alpha value is -0.710. The Kier molecular flexibility index (Phi) is 7.01. The van der Waals surface area contributed by atoms with Crippen molar-refractivity contribution in [1.29, 1.82) is 0 Å². The highest BCUT2D eigenvalue weighted by Gasteiger charge is 2.59. The Morgan fingerprint density at radius 2 is 1.77 bits per heavy atom. The second kappa shape index (κ2) is 9.27. The number of hydrogen-bond acceptors (Lipinski definition) is 3. The fourth-order valence-corrected chi connectivity index (χ4v) is 9.09. The predicted octanol–water partition coefficient (Wildman–Crippen LogP) is 5.70. The molecule has 0 aromatic heterocycles. The van der Waals surface area contributed by atoms with Gasteiger partial charge in [-0.25, -0.2) is 4.79 Å². The molecule has 1 amide bonds. The van der Waals surface area contributed by atoms with Crippen LogP contribution in [0.4, 0.5) is 0 Å². The second-order valence-electron chi connectivity index (χ2n) is 11.8. The van der Waals surface area contributed by atoms with E-state index in [1.165, 1.54) is 64.2 Å². The van der Waals surface area contributed by atoms with Crippen molar-refractivity contribution in [3.05, 3.63) is 0 Å². The van der Waals surface area contributed by atoms with Gasteiger partial charge in [0.1, 0.15) is 6.04 Å². The van der Waals surface area contributed by atoms with Crippen molar-refractivity contribution >= 4 is 24.5 Å². The molecular formula is C26H43NO3S. The molecule has 4 aliphatic carbocycles. The minimum atomic E-state index is -1.01. The number of rotatable bonds is 7. The van der Waals surface area contributed by atoms with Crippen LogP contribution in [0, 0.1) is 40.4 Å². The lowest BCUT2D eigenvalue weighted by Gasteiger charge is -2.60. The maximum Gasteiger partial charge on any atom is 0.327 e. The third-order valence-electron chi connectivity index (χ3n) is 10.6. The van der Waals surface area contributed by atoms with Crippen LogP contribution >= 0.6 is 12.6 Å². The van der Waals surface area contributed by atoms with E-state index in [0.29, 0.717) is 17.3 Å². The lowest BCUT2D eigenvalue weighted by Crippen LogP contribution is -2.52. The molecule has 4 nitrogen and oxygen atoms in total. The van der Waals surface area contributed by atoms with Gasteiger partial charge in [-0.3, -0.25) is 4.79 Å². The van der Waals surface area contributed by atoms with Crippen molar-refractivity contribution in [2.75, 3.05) is 5.75 Å². The minimum absolute atomic E-state index is 0.131. The molecule has 0 aromatic carbocycles. The van der Waals surface area contributed by atoms with Crippen LogP contribution in [-0.4, -0.2) is 28.8 Å². The van der Waals surface area contributed by atoms with Crippen molar-refractivity contribution < 1.29 is 14.7 Å². The fourth-order valence-electron chi connectivity index (χ4n) is 8.84. The van der Waals surface area contributed by atoms with Crippen LogP contribution in [0.15, 0.2) is 0 Å². The monoisotopic (exact) mass is 449 g/mol. The van der Waals surface area contributed by atoms with Gasteiger partial charge in [-0.1, -0.05) is 26.7 Å². The molecule has 2 N–H and O–H groups in total. The van der Waals surface area contributed by atoms with Gasteiger partial charge >= 0.3 is 5.97 Å². The zero-order valence-corrected chi connectivity index (χ0v) is 20.5. The van der Waals surface area contributed by atoms with Crippen molar-refractivity contribution in [3.63, 3.8) is 0 Å². The van der Waals surface area contributed by atoms with E-state index in [2.05, 4.69) is 31.8 Å². The number of carbonyl (C=O) groups is 2. The van der Waals surface area contributed by atoms with Gasteiger partial charge in [0, 0.05) is 12.2 Å². The van der Waals surface area contributed by atoms with Crippen molar-refractivity contribution in [3.8, 4) is 0 Å². The molecule has 4 aliphatic rings. The maximum atomic E-state index is 12.2. The maximum absolute atomic E-state index is 12.2. The Bertz CT molecular complexity index is 684. The number of hydrogen-bond donors (Lipinski definition) is 3. The van der Waals surface area contributed by atoms with Gasteiger partial charge in [0.2, 0.25) is 5.91 Å². The van der Waals surface area contributed by atoms with Crippen LogP contribution in [0.25, 0.3) is 0 Å². The third kappa shape index (κ3) is 4.29. The van der Waals surface area contributed by atoms with Crippen molar-refractivity contribution in [1.82, 2.24) is 5.32 Å². The number of amides is 1. The van der Waals surface area contributed by atoms with E-state index >= 15 is 0 Å². The second-order valence-corrected chi connectivity index (χ2v) is 12.1. The van der Waals surface area contributed by atoms with Gasteiger partial charge in [-0.2, -0.15) is 12.6 Å². The van der Waals surface area contributed by atoms with Gasteiger partial charge in [-0.05, 0) is 105 Å². The number of carboxylic acid groups (broad SMARTS) is 1. The molecule has 176 valence electrons. The van der Waals surface area contributed by atoms with Gasteiger partial charge < -0.3 is 10.4 Å². The van der Waals surface area contributed by atoms with Crippen LogP contribution < -0.4 is 5.32 Å². The first-order valence-corrected chi connectivity index (χ1v) is 13.6. The molecule has 31 heavy (non-hydrogen) atoms. The molecule has 0 spiro atoms. The molecule has 4 rings (SSSR count). The van der Waals surface area contributed by atoms with Crippen LogP contribution in [0.1, 0.15) is 97.3 Å². The van der Waals surface area contributed by atoms with Crippen LogP contribution in [-0.2, 0) is 9.59 Å². The van der Waals surface area contributed by atoms with E-state index in [-0.39, 0.29) is 11.7 Å². The summed E-state index contributed by atoms with van der Waals surface area (Å²) in [5, 5.41) is 11.7. The first kappa shape index (κ1) is 23.4. The van der Waals surface area contributed by atoms with Crippen molar-refractivity contribution in [2.24, 2.45) is 40.4 Å². The summed E-state index contributed by atoms with van der Waals surface area (Å²) < 4.78 is 0. The zero-order valence-electron chi connectivity index (χ0n) is 19.6. The summed E-state index contributed by atoms with van der Waals surface area (Å²) in [5.41, 5.74) is 1.05. The van der Waals surface area contributed by atoms with Gasteiger partial charge in [0.25, 0.3) is 0 Å². The highest BCUT2D eigenvalue weighted by Crippen LogP contribution is 2.67. The molecular weight excluding hydrogens is 406 g/mol. The summed E-state index contributed by atoms with van der Waals surface area (Å²) in [6, 6.07) is -0.879. The molecule has 8 atom stereocenters. The van der Waals surface area contributed by atoms with Crippen LogP contribution in [0.3, 0.4) is 0 Å². The Labute approximate surface area is 194 Å². The number of thiol groups is 1. The number of nitrogens with one attached hydrogen (secondary N) is 1. The standard InChI is InChI=1S/C26H43NO3S/c1-25-14-4-3-6-17(25)9-11-19-20-12-10-18(26(20,2)15-13-21(19)25)7-5-8-23(28)27-22(16-31)24(29)30/h17-22,31H,3-16H2,1-2H3,(H,27,28)(H,29,30). The normalized spacial score (nSPS) is 42.7. The van der Waals surface area contributed by atoms with Crippen LogP contribution in [0.2, 0.25) is 0 Å². The molecule has 0 saturated heterocycles. The Balaban J connectivity index is 1.34. The average Bonchev–Trinajstić information content (AvgIpc) is 3.07. The van der Waals surface area contributed by atoms with E-state index in [4.69, 9.17) is 5.11 Å². The van der Waals surface area contributed by atoms with Crippen LogP contribution in [0.5, 0.6) is 0 Å². The summed E-state index contributed by atoms with van der Waals surface area (Å²) in [6.07, 6.45) is 16.7. The Morgan fingerprint density at radius 1 is 1.00 bits per heavy atom. The Morgan fingerprint density at radius 3 is 2.52 bits per heavy atom. The van der Waals surface area contributed by atoms with E-state index in [0.717, 1.165) is 42.4 Å². The molecule has 0 heterocycles. The third-order valence-corrected chi connectivity index (χ3v) is 10.9. The van der Waals surface area contributed by atoms with Gasteiger partial charge in [0.15, 0.2) is 0 Å². The molecule has 0 radical (unpaired) electrons. The fraction of sp³-hybridized carbons (Fsp3) is 0.923.